The molecule has 2 N–H and O–H groups in total. The lowest BCUT2D eigenvalue weighted by Crippen LogP contribution is -2.03. The monoisotopic (exact) mass is 270 g/mol. The summed E-state index contributed by atoms with van der Waals surface area (Å²) in [5.74, 6) is 1.24. The molecular weight excluding hydrogens is 256 g/mol. The SMILES string of the molecule is CCNc1nc(-c2cncc(OC)c2)c2cn[nH]c2n1. The Bertz CT molecular complexity index is 739. The van der Waals surface area contributed by atoms with Gasteiger partial charge >= 0.3 is 0 Å². The van der Waals surface area contributed by atoms with E-state index < -0.39 is 0 Å². The number of hydrogen-bond acceptors (Lipinski definition) is 6. The highest BCUT2D eigenvalue weighted by atomic mass is 16.5. The van der Waals surface area contributed by atoms with Gasteiger partial charge in [-0.25, -0.2) is 4.98 Å². The first-order valence-corrected chi connectivity index (χ1v) is 6.26. The van der Waals surface area contributed by atoms with Gasteiger partial charge in [0.05, 0.1) is 30.6 Å². The van der Waals surface area contributed by atoms with Crippen molar-refractivity contribution in [1.82, 2.24) is 25.1 Å². The fourth-order valence-electron chi connectivity index (χ4n) is 1.95. The van der Waals surface area contributed by atoms with Crippen molar-refractivity contribution in [1.29, 1.82) is 0 Å². The van der Waals surface area contributed by atoms with Crippen molar-refractivity contribution in [3.05, 3.63) is 24.7 Å². The predicted octanol–water partition coefficient (Wildman–Crippen LogP) is 1.86. The van der Waals surface area contributed by atoms with Crippen LogP contribution >= 0.6 is 0 Å². The molecule has 102 valence electrons. The van der Waals surface area contributed by atoms with Crippen LogP contribution in [0.4, 0.5) is 5.95 Å². The van der Waals surface area contributed by atoms with Gasteiger partial charge in [-0.2, -0.15) is 10.1 Å². The lowest BCUT2D eigenvalue weighted by molar-refractivity contribution is 0.413. The lowest BCUT2D eigenvalue weighted by atomic mass is 10.1. The smallest absolute Gasteiger partial charge is 0.225 e. The summed E-state index contributed by atoms with van der Waals surface area (Å²) in [4.78, 5) is 13.1. The van der Waals surface area contributed by atoms with Gasteiger partial charge in [-0.1, -0.05) is 0 Å². The van der Waals surface area contributed by atoms with Crippen LogP contribution in [0.3, 0.4) is 0 Å². The van der Waals surface area contributed by atoms with E-state index in [2.05, 4.69) is 30.5 Å². The number of nitrogens with zero attached hydrogens (tertiary/aromatic N) is 4. The largest absolute Gasteiger partial charge is 0.495 e. The van der Waals surface area contributed by atoms with E-state index in [1.54, 1.807) is 25.7 Å². The van der Waals surface area contributed by atoms with Crippen molar-refractivity contribution in [3.63, 3.8) is 0 Å². The number of nitrogens with one attached hydrogen (secondary N) is 2. The summed E-state index contributed by atoms with van der Waals surface area (Å²) in [6.07, 6.45) is 5.11. The molecule has 20 heavy (non-hydrogen) atoms. The Kier molecular flexibility index (Phi) is 3.16. The van der Waals surface area contributed by atoms with Crippen molar-refractivity contribution >= 4 is 17.0 Å². The first-order chi connectivity index (χ1) is 9.81. The first-order valence-electron chi connectivity index (χ1n) is 6.26. The van der Waals surface area contributed by atoms with Crippen LogP contribution in [0.1, 0.15) is 6.92 Å². The molecule has 0 aliphatic heterocycles. The van der Waals surface area contributed by atoms with Gasteiger partial charge in [-0.15, -0.1) is 0 Å². The summed E-state index contributed by atoms with van der Waals surface area (Å²) in [5.41, 5.74) is 2.32. The van der Waals surface area contributed by atoms with Gasteiger partial charge in [-0.05, 0) is 13.0 Å². The molecule has 0 aromatic carbocycles. The van der Waals surface area contributed by atoms with Gasteiger partial charge in [0.1, 0.15) is 5.75 Å². The molecule has 0 fully saturated rings. The normalized spacial score (nSPS) is 10.7. The number of methoxy groups -OCH3 is 1. The fraction of sp³-hybridized carbons (Fsp3) is 0.231. The highest BCUT2D eigenvalue weighted by Gasteiger charge is 2.12. The Labute approximate surface area is 115 Å². The Hall–Kier alpha value is -2.70. The molecule has 0 saturated heterocycles. The molecule has 7 heteroatoms. The van der Waals surface area contributed by atoms with E-state index in [9.17, 15) is 0 Å². The summed E-state index contributed by atoms with van der Waals surface area (Å²) in [6, 6.07) is 1.89. The van der Waals surface area contributed by atoms with Crippen molar-refractivity contribution in [2.75, 3.05) is 19.0 Å². The molecule has 0 atom stereocenters. The zero-order chi connectivity index (χ0) is 13.9. The maximum atomic E-state index is 5.20. The Morgan fingerprint density at radius 2 is 2.15 bits per heavy atom. The Balaban J connectivity index is 2.19. The third-order valence-electron chi connectivity index (χ3n) is 2.87. The number of hydrogen-bond donors (Lipinski definition) is 2. The minimum atomic E-state index is 0.557. The maximum absolute atomic E-state index is 5.20. The number of rotatable bonds is 4. The van der Waals surface area contributed by atoms with Crippen molar-refractivity contribution in [2.24, 2.45) is 0 Å². The second kappa shape index (κ2) is 5.12. The van der Waals surface area contributed by atoms with Gasteiger partial charge in [0.15, 0.2) is 5.65 Å². The Morgan fingerprint density at radius 1 is 1.25 bits per heavy atom. The van der Waals surface area contributed by atoms with E-state index in [0.717, 1.165) is 23.2 Å². The van der Waals surface area contributed by atoms with Crippen LogP contribution in [-0.2, 0) is 0 Å². The zero-order valence-electron chi connectivity index (χ0n) is 11.2. The second-order valence-electron chi connectivity index (χ2n) is 4.17. The van der Waals surface area contributed by atoms with E-state index in [1.165, 1.54) is 0 Å². The van der Waals surface area contributed by atoms with Crippen LogP contribution in [-0.4, -0.2) is 38.8 Å². The number of pyridine rings is 1. The Morgan fingerprint density at radius 3 is 2.95 bits per heavy atom. The molecule has 0 saturated carbocycles. The van der Waals surface area contributed by atoms with Gasteiger partial charge in [0.2, 0.25) is 5.95 Å². The minimum Gasteiger partial charge on any atom is -0.495 e. The summed E-state index contributed by atoms with van der Waals surface area (Å²) in [6.45, 7) is 2.74. The molecular formula is C13H14N6O. The second-order valence-corrected chi connectivity index (χ2v) is 4.17. The van der Waals surface area contributed by atoms with Crippen LogP contribution in [0.2, 0.25) is 0 Å². The molecule has 0 aliphatic rings. The summed E-state index contributed by atoms with van der Waals surface area (Å²) in [5, 5.41) is 10.8. The van der Waals surface area contributed by atoms with Crippen LogP contribution in [0.25, 0.3) is 22.3 Å². The topological polar surface area (TPSA) is 88.6 Å². The molecule has 0 radical (unpaired) electrons. The number of H-pyrrole nitrogens is 1. The highest BCUT2D eigenvalue weighted by molar-refractivity contribution is 5.90. The average molecular weight is 270 g/mol. The van der Waals surface area contributed by atoms with E-state index in [4.69, 9.17) is 4.74 Å². The van der Waals surface area contributed by atoms with E-state index in [0.29, 0.717) is 17.3 Å². The zero-order valence-corrected chi connectivity index (χ0v) is 11.2. The molecule has 3 rings (SSSR count). The van der Waals surface area contributed by atoms with Gasteiger partial charge in [0.25, 0.3) is 0 Å². The van der Waals surface area contributed by atoms with E-state index >= 15 is 0 Å². The first kappa shape index (κ1) is 12.3. The summed E-state index contributed by atoms with van der Waals surface area (Å²) < 4.78 is 5.20. The molecule has 0 unspecified atom stereocenters. The van der Waals surface area contributed by atoms with Gasteiger partial charge < -0.3 is 10.1 Å². The maximum Gasteiger partial charge on any atom is 0.225 e. The molecule has 3 heterocycles. The standard InChI is InChI=1S/C13H14N6O/c1-3-15-13-17-11(10-7-16-19-12(10)18-13)8-4-9(20-2)6-14-5-8/h4-7H,3H2,1-2H3,(H2,15,16,17,18,19). The third-order valence-corrected chi connectivity index (χ3v) is 2.87. The van der Waals surface area contributed by atoms with Gasteiger partial charge in [0, 0.05) is 18.3 Å². The summed E-state index contributed by atoms with van der Waals surface area (Å²) in [7, 11) is 1.61. The molecule has 0 aliphatic carbocycles. The van der Waals surface area contributed by atoms with Crippen LogP contribution in [0, 0.1) is 0 Å². The molecule has 0 spiro atoms. The molecule has 7 nitrogen and oxygen atoms in total. The number of ether oxygens (including phenoxy) is 1. The quantitative estimate of drug-likeness (QED) is 0.752. The van der Waals surface area contributed by atoms with Crippen molar-refractivity contribution < 1.29 is 4.74 Å². The van der Waals surface area contributed by atoms with Crippen molar-refractivity contribution in [3.8, 4) is 17.0 Å². The molecule has 0 amide bonds. The highest BCUT2D eigenvalue weighted by Crippen LogP contribution is 2.27. The van der Waals surface area contributed by atoms with Crippen LogP contribution in [0.15, 0.2) is 24.7 Å². The fourth-order valence-corrected chi connectivity index (χ4v) is 1.95. The molecule has 0 bridgehead atoms. The number of aromatic nitrogens is 5. The molecule has 3 aromatic heterocycles. The van der Waals surface area contributed by atoms with E-state index in [-0.39, 0.29) is 0 Å². The number of anilines is 1. The van der Waals surface area contributed by atoms with Crippen LogP contribution < -0.4 is 10.1 Å². The van der Waals surface area contributed by atoms with Crippen molar-refractivity contribution in [2.45, 2.75) is 6.92 Å². The third kappa shape index (κ3) is 2.13. The number of fused-ring (bicyclic) bond motifs is 1. The average Bonchev–Trinajstić information content (AvgIpc) is 2.95. The van der Waals surface area contributed by atoms with Crippen LogP contribution in [0.5, 0.6) is 5.75 Å². The molecule has 3 aromatic rings. The predicted molar refractivity (Wildman–Crippen MR) is 75.6 cm³/mol. The number of aromatic amines is 1. The van der Waals surface area contributed by atoms with Gasteiger partial charge in [-0.3, -0.25) is 10.1 Å². The van der Waals surface area contributed by atoms with E-state index in [1.807, 2.05) is 13.0 Å². The summed E-state index contributed by atoms with van der Waals surface area (Å²) >= 11 is 0. The lowest BCUT2D eigenvalue weighted by Gasteiger charge is -2.07. The minimum absolute atomic E-state index is 0.557.